The van der Waals surface area contributed by atoms with Gasteiger partial charge in [-0.25, -0.2) is 0 Å². The number of aromatic nitrogens is 1. The highest BCUT2D eigenvalue weighted by atomic mass is 16.2. The number of hydrogen-bond donors (Lipinski definition) is 2. The fraction of sp³-hybridized carbons (Fsp3) is 0.174. The molecule has 3 aromatic rings. The largest absolute Gasteiger partial charge is 0.348 e. The Morgan fingerprint density at radius 1 is 0.893 bits per heavy atom. The Morgan fingerprint density at radius 3 is 2.11 bits per heavy atom. The van der Waals surface area contributed by atoms with E-state index in [1.165, 1.54) is 5.56 Å². The van der Waals surface area contributed by atoms with E-state index in [2.05, 4.69) is 29.5 Å². The normalized spacial score (nSPS) is 10.5. The Labute approximate surface area is 164 Å². The SMILES string of the molecule is CC(C)c1ccc(NC(=O)c2ccc(C(=O)NCc3cccnc3)cc2)cc1. The summed E-state index contributed by atoms with van der Waals surface area (Å²) in [7, 11) is 0. The quantitative estimate of drug-likeness (QED) is 0.673. The summed E-state index contributed by atoms with van der Waals surface area (Å²) >= 11 is 0. The summed E-state index contributed by atoms with van der Waals surface area (Å²) in [4.78, 5) is 28.7. The monoisotopic (exact) mass is 373 g/mol. The van der Waals surface area contributed by atoms with Gasteiger partial charge in [0, 0.05) is 35.8 Å². The van der Waals surface area contributed by atoms with Crippen LogP contribution in [0, 0.1) is 0 Å². The Kier molecular flexibility index (Phi) is 6.17. The van der Waals surface area contributed by atoms with Gasteiger partial charge in [0.15, 0.2) is 0 Å². The molecule has 28 heavy (non-hydrogen) atoms. The van der Waals surface area contributed by atoms with Crippen molar-refractivity contribution < 1.29 is 9.59 Å². The highest BCUT2D eigenvalue weighted by Crippen LogP contribution is 2.18. The maximum Gasteiger partial charge on any atom is 0.255 e. The van der Waals surface area contributed by atoms with Crippen molar-refractivity contribution in [3.05, 3.63) is 95.3 Å². The lowest BCUT2D eigenvalue weighted by atomic mass is 10.0. The van der Waals surface area contributed by atoms with Crippen LogP contribution in [0.2, 0.25) is 0 Å². The second-order valence-corrected chi connectivity index (χ2v) is 6.85. The summed E-state index contributed by atoms with van der Waals surface area (Å²) in [6.45, 7) is 4.66. The first-order chi connectivity index (χ1) is 13.5. The van der Waals surface area contributed by atoms with E-state index in [4.69, 9.17) is 0 Å². The molecule has 1 aromatic heterocycles. The van der Waals surface area contributed by atoms with Crippen molar-refractivity contribution >= 4 is 17.5 Å². The van der Waals surface area contributed by atoms with Crippen molar-refractivity contribution in [1.82, 2.24) is 10.3 Å². The Bertz CT molecular complexity index is 934. The van der Waals surface area contributed by atoms with Crippen molar-refractivity contribution in [3.63, 3.8) is 0 Å². The predicted molar refractivity (Wildman–Crippen MR) is 110 cm³/mol. The van der Waals surface area contributed by atoms with E-state index in [0.29, 0.717) is 23.6 Å². The molecular formula is C23H23N3O2. The minimum absolute atomic E-state index is 0.194. The van der Waals surface area contributed by atoms with Crippen molar-refractivity contribution in [3.8, 4) is 0 Å². The van der Waals surface area contributed by atoms with Crippen molar-refractivity contribution in [2.75, 3.05) is 5.32 Å². The predicted octanol–water partition coefficient (Wildman–Crippen LogP) is 4.39. The molecule has 0 unspecified atom stereocenters. The highest BCUT2D eigenvalue weighted by molar-refractivity contribution is 6.05. The molecule has 2 N–H and O–H groups in total. The maximum absolute atomic E-state index is 12.4. The number of rotatable bonds is 6. The standard InChI is InChI=1S/C23H23N3O2/c1-16(2)18-9-11-21(12-10-18)26-23(28)20-7-5-19(6-8-20)22(27)25-15-17-4-3-13-24-14-17/h3-14,16H,15H2,1-2H3,(H,25,27)(H,26,28). The molecule has 1 heterocycles. The topological polar surface area (TPSA) is 71.1 Å². The van der Waals surface area contributed by atoms with Crippen molar-refractivity contribution in [2.24, 2.45) is 0 Å². The molecule has 0 bridgehead atoms. The third-order valence-corrected chi connectivity index (χ3v) is 4.42. The van der Waals surface area contributed by atoms with Gasteiger partial charge >= 0.3 is 0 Å². The number of nitrogens with one attached hydrogen (secondary N) is 2. The second kappa shape index (κ2) is 8.95. The first-order valence-electron chi connectivity index (χ1n) is 9.21. The van der Waals surface area contributed by atoms with Gasteiger partial charge in [-0.3, -0.25) is 14.6 Å². The molecule has 0 fully saturated rings. The number of pyridine rings is 1. The fourth-order valence-electron chi connectivity index (χ4n) is 2.71. The summed E-state index contributed by atoms with van der Waals surface area (Å²) in [5.41, 5.74) is 3.89. The molecule has 5 heteroatoms. The number of amides is 2. The summed E-state index contributed by atoms with van der Waals surface area (Å²) in [6, 6.07) is 18.1. The minimum atomic E-state index is -0.209. The van der Waals surface area contributed by atoms with Gasteiger partial charge in [0.05, 0.1) is 0 Å². The van der Waals surface area contributed by atoms with Crippen molar-refractivity contribution in [2.45, 2.75) is 26.3 Å². The molecule has 2 aromatic carbocycles. The number of benzene rings is 2. The lowest BCUT2D eigenvalue weighted by Gasteiger charge is -2.09. The van der Waals surface area contributed by atoms with Gasteiger partial charge < -0.3 is 10.6 Å². The zero-order valence-corrected chi connectivity index (χ0v) is 16.0. The van der Waals surface area contributed by atoms with Crippen LogP contribution in [-0.2, 0) is 6.54 Å². The van der Waals surface area contributed by atoms with Gasteiger partial charge in [-0.05, 0) is 59.5 Å². The third-order valence-electron chi connectivity index (χ3n) is 4.42. The molecule has 0 saturated heterocycles. The molecule has 0 aliphatic rings. The molecule has 0 aliphatic carbocycles. The molecule has 3 rings (SSSR count). The van der Waals surface area contributed by atoms with Crippen LogP contribution in [0.5, 0.6) is 0 Å². The fourth-order valence-corrected chi connectivity index (χ4v) is 2.71. The molecular weight excluding hydrogens is 350 g/mol. The average Bonchev–Trinajstić information content (AvgIpc) is 2.73. The van der Waals surface area contributed by atoms with E-state index in [-0.39, 0.29) is 11.8 Å². The minimum Gasteiger partial charge on any atom is -0.348 e. The zero-order valence-electron chi connectivity index (χ0n) is 16.0. The smallest absolute Gasteiger partial charge is 0.255 e. The Hall–Kier alpha value is -3.47. The van der Waals surface area contributed by atoms with Crippen molar-refractivity contribution in [1.29, 1.82) is 0 Å². The van der Waals surface area contributed by atoms with E-state index in [1.54, 1.807) is 36.7 Å². The summed E-state index contributed by atoms with van der Waals surface area (Å²) in [6.07, 6.45) is 3.40. The number of nitrogens with zero attached hydrogens (tertiary/aromatic N) is 1. The summed E-state index contributed by atoms with van der Waals surface area (Å²) < 4.78 is 0. The van der Waals surface area contributed by atoms with Gasteiger partial charge in [-0.2, -0.15) is 0 Å². The van der Waals surface area contributed by atoms with Crippen LogP contribution in [-0.4, -0.2) is 16.8 Å². The first kappa shape index (κ1) is 19.3. The van der Waals surface area contributed by atoms with Gasteiger partial charge in [0.25, 0.3) is 11.8 Å². The molecule has 5 nitrogen and oxygen atoms in total. The summed E-state index contributed by atoms with van der Waals surface area (Å²) in [5, 5.41) is 5.71. The van der Waals surface area contributed by atoms with Crippen LogP contribution >= 0.6 is 0 Å². The third kappa shape index (κ3) is 5.04. The van der Waals surface area contributed by atoms with Crippen LogP contribution < -0.4 is 10.6 Å². The lowest BCUT2D eigenvalue weighted by molar-refractivity contribution is 0.0949. The Morgan fingerprint density at radius 2 is 1.54 bits per heavy atom. The first-order valence-corrected chi connectivity index (χ1v) is 9.21. The average molecular weight is 373 g/mol. The number of carbonyl (C=O) groups is 2. The molecule has 142 valence electrons. The maximum atomic E-state index is 12.4. The Balaban J connectivity index is 1.58. The van der Waals surface area contributed by atoms with Gasteiger partial charge in [-0.1, -0.05) is 32.0 Å². The molecule has 0 aliphatic heterocycles. The van der Waals surface area contributed by atoms with Crippen LogP contribution in [0.25, 0.3) is 0 Å². The molecule has 0 atom stereocenters. The van der Waals surface area contributed by atoms with E-state index in [0.717, 1.165) is 11.3 Å². The number of anilines is 1. The van der Waals surface area contributed by atoms with Gasteiger partial charge in [0.1, 0.15) is 0 Å². The molecule has 0 radical (unpaired) electrons. The van der Waals surface area contributed by atoms with Gasteiger partial charge in [-0.15, -0.1) is 0 Å². The van der Waals surface area contributed by atoms with Crippen LogP contribution in [0.15, 0.2) is 73.1 Å². The number of carbonyl (C=O) groups excluding carboxylic acids is 2. The molecule has 0 spiro atoms. The zero-order chi connectivity index (χ0) is 19.9. The second-order valence-electron chi connectivity index (χ2n) is 6.85. The lowest BCUT2D eigenvalue weighted by Crippen LogP contribution is -2.23. The van der Waals surface area contributed by atoms with Gasteiger partial charge in [0.2, 0.25) is 0 Å². The van der Waals surface area contributed by atoms with Crippen LogP contribution in [0.1, 0.15) is 51.6 Å². The molecule has 0 saturated carbocycles. The van der Waals surface area contributed by atoms with E-state index < -0.39 is 0 Å². The van der Waals surface area contributed by atoms with Crippen LogP contribution in [0.4, 0.5) is 5.69 Å². The summed E-state index contributed by atoms with van der Waals surface area (Å²) in [5.74, 6) is 0.0429. The van der Waals surface area contributed by atoms with E-state index in [1.807, 2.05) is 36.4 Å². The molecule has 2 amide bonds. The highest BCUT2D eigenvalue weighted by Gasteiger charge is 2.10. The van der Waals surface area contributed by atoms with E-state index >= 15 is 0 Å². The van der Waals surface area contributed by atoms with E-state index in [9.17, 15) is 9.59 Å². The number of hydrogen-bond acceptors (Lipinski definition) is 3. The van der Waals surface area contributed by atoms with Crippen LogP contribution in [0.3, 0.4) is 0 Å².